The number of carbonyl (C=O) groups excluding carboxylic acids is 2. The van der Waals surface area contributed by atoms with Crippen LogP contribution in [0, 0.1) is 0 Å². The summed E-state index contributed by atoms with van der Waals surface area (Å²) in [5.74, 6) is -1.92. The molecule has 0 fully saturated rings. The Morgan fingerprint density at radius 2 is 1.80 bits per heavy atom. The van der Waals surface area contributed by atoms with Crippen LogP contribution in [0.5, 0.6) is 0 Å². The van der Waals surface area contributed by atoms with Crippen LogP contribution in [0.4, 0.5) is 0 Å². The van der Waals surface area contributed by atoms with Gasteiger partial charge in [0.1, 0.15) is 12.1 Å². The summed E-state index contributed by atoms with van der Waals surface area (Å²) in [7, 11) is 0. The molecule has 0 aliphatic heterocycles. The van der Waals surface area contributed by atoms with Gasteiger partial charge in [0.25, 0.3) is 0 Å². The topological polar surface area (TPSA) is 95.5 Å². The zero-order valence-corrected chi connectivity index (χ0v) is 9.03. The van der Waals surface area contributed by atoms with Gasteiger partial charge in [0, 0.05) is 6.92 Å². The second kappa shape index (κ2) is 6.00. The highest BCUT2D eigenvalue weighted by molar-refractivity contribution is 5.89. The smallest absolute Gasteiger partial charge is 0.326 e. The fraction of sp³-hybridized carbons (Fsp3) is 0.667. The van der Waals surface area contributed by atoms with E-state index in [9.17, 15) is 14.4 Å². The number of carboxylic acid groups (broad SMARTS) is 1. The number of amides is 2. The fourth-order valence-corrected chi connectivity index (χ4v) is 1.01. The zero-order valence-electron chi connectivity index (χ0n) is 9.03. The summed E-state index contributed by atoms with van der Waals surface area (Å²) >= 11 is 0. The Balaban J connectivity index is 4.21. The van der Waals surface area contributed by atoms with Crippen LogP contribution < -0.4 is 10.6 Å². The molecule has 0 aliphatic rings. The van der Waals surface area contributed by atoms with Crippen LogP contribution in [-0.4, -0.2) is 35.0 Å². The van der Waals surface area contributed by atoms with Crippen LogP contribution in [0.25, 0.3) is 0 Å². The first-order valence-electron chi connectivity index (χ1n) is 4.68. The fourth-order valence-electron chi connectivity index (χ4n) is 1.01. The number of carbonyl (C=O) groups is 3. The SMILES string of the molecule is CC[C@@H](NC(=O)C(C)NC(C)=O)C(=O)O. The lowest BCUT2D eigenvalue weighted by Gasteiger charge is -2.16. The van der Waals surface area contributed by atoms with E-state index in [1.54, 1.807) is 6.92 Å². The number of carboxylic acids is 1. The van der Waals surface area contributed by atoms with E-state index in [0.29, 0.717) is 6.42 Å². The maximum atomic E-state index is 11.4. The molecule has 1 unspecified atom stereocenters. The number of rotatable bonds is 5. The third-order valence-electron chi connectivity index (χ3n) is 1.84. The van der Waals surface area contributed by atoms with Crippen LogP contribution in [0.2, 0.25) is 0 Å². The van der Waals surface area contributed by atoms with E-state index < -0.39 is 24.0 Å². The largest absolute Gasteiger partial charge is 0.480 e. The third kappa shape index (κ3) is 4.99. The molecule has 0 rings (SSSR count). The van der Waals surface area contributed by atoms with Crippen molar-refractivity contribution in [1.29, 1.82) is 0 Å². The monoisotopic (exact) mass is 216 g/mol. The van der Waals surface area contributed by atoms with Crippen molar-refractivity contribution in [3.63, 3.8) is 0 Å². The van der Waals surface area contributed by atoms with E-state index in [4.69, 9.17) is 5.11 Å². The van der Waals surface area contributed by atoms with Gasteiger partial charge in [-0.05, 0) is 13.3 Å². The van der Waals surface area contributed by atoms with E-state index in [2.05, 4.69) is 10.6 Å². The molecule has 2 amide bonds. The van der Waals surface area contributed by atoms with E-state index in [0.717, 1.165) is 0 Å². The first-order chi connectivity index (χ1) is 6.88. The Morgan fingerprint density at radius 3 is 2.13 bits per heavy atom. The molecule has 0 radical (unpaired) electrons. The molecule has 0 saturated carbocycles. The lowest BCUT2D eigenvalue weighted by atomic mass is 10.2. The van der Waals surface area contributed by atoms with E-state index in [1.807, 2.05) is 0 Å². The second-order valence-corrected chi connectivity index (χ2v) is 3.23. The molecule has 0 aromatic rings. The van der Waals surface area contributed by atoms with Gasteiger partial charge in [0.2, 0.25) is 11.8 Å². The van der Waals surface area contributed by atoms with Crippen molar-refractivity contribution in [2.45, 2.75) is 39.3 Å². The van der Waals surface area contributed by atoms with Gasteiger partial charge in [-0.15, -0.1) is 0 Å². The second-order valence-electron chi connectivity index (χ2n) is 3.23. The number of hydrogen-bond donors (Lipinski definition) is 3. The highest BCUT2D eigenvalue weighted by Gasteiger charge is 2.21. The predicted octanol–water partition coefficient (Wildman–Crippen LogP) is -0.510. The lowest BCUT2D eigenvalue weighted by molar-refractivity contribution is -0.142. The van der Waals surface area contributed by atoms with Crippen LogP contribution in [-0.2, 0) is 14.4 Å². The van der Waals surface area contributed by atoms with Gasteiger partial charge in [0.05, 0.1) is 0 Å². The summed E-state index contributed by atoms with van der Waals surface area (Å²) < 4.78 is 0. The highest BCUT2D eigenvalue weighted by Crippen LogP contribution is 1.92. The minimum Gasteiger partial charge on any atom is -0.480 e. The van der Waals surface area contributed by atoms with E-state index in [-0.39, 0.29) is 5.91 Å². The molecule has 0 aromatic heterocycles. The predicted molar refractivity (Wildman–Crippen MR) is 53.1 cm³/mol. The average molecular weight is 216 g/mol. The first kappa shape index (κ1) is 13.4. The summed E-state index contributed by atoms with van der Waals surface area (Å²) in [6, 6.07) is -1.63. The van der Waals surface area contributed by atoms with E-state index in [1.165, 1.54) is 13.8 Å². The third-order valence-corrected chi connectivity index (χ3v) is 1.84. The summed E-state index contributed by atoms with van der Waals surface area (Å²) in [5.41, 5.74) is 0. The Morgan fingerprint density at radius 1 is 1.27 bits per heavy atom. The molecule has 6 nitrogen and oxygen atoms in total. The summed E-state index contributed by atoms with van der Waals surface area (Å²) in [4.78, 5) is 32.6. The molecule has 86 valence electrons. The van der Waals surface area contributed by atoms with Gasteiger partial charge < -0.3 is 15.7 Å². The number of hydrogen-bond acceptors (Lipinski definition) is 3. The van der Waals surface area contributed by atoms with E-state index >= 15 is 0 Å². The standard InChI is InChI=1S/C9H16N2O4/c1-4-7(9(14)15)11-8(13)5(2)10-6(3)12/h5,7H,4H2,1-3H3,(H,10,12)(H,11,13)(H,14,15)/t5?,7-/m1/s1. The van der Waals surface area contributed by atoms with Gasteiger partial charge in [-0.3, -0.25) is 9.59 Å². The maximum absolute atomic E-state index is 11.4. The number of nitrogens with one attached hydrogen (secondary N) is 2. The van der Waals surface area contributed by atoms with Crippen molar-refractivity contribution >= 4 is 17.8 Å². The number of aliphatic carboxylic acids is 1. The Kier molecular flexibility index (Phi) is 5.36. The molecule has 15 heavy (non-hydrogen) atoms. The molecular formula is C9H16N2O4. The molecule has 0 bridgehead atoms. The van der Waals surface area contributed by atoms with Gasteiger partial charge in [-0.1, -0.05) is 6.92 Å². The minimum atomic E-state index is -1.08. The Bertz CT molecular complexity index is 265. The normalized spacial score (nSPS) is 13.8. The van der Waals surface area contributed by atoms with Gasteiger partial charge in [-0.25, -0.2) is 4.79 Å². The molecular weight excluding hydrogens is 200 g/mol. The molecule has 2 atom stereocenters. The molecule has 0 saturated heterocycles. The van der Waals surface area contributed by atoms with Crippen LogP contribution in [0.15, 0.2) is 0 Å². The molecule has 0 aliphatic carbocycles. The molecule has 0 spiro atoms. The first-order valence-corrected chi connectivity index (χ1v) is 4.68. The molecule has 0 heterocycles. The zero-order chi connectivity index (χ0) is 12.0. The lowest BCUT2D eigenvalue weighted by Crippen LogP contribution is -2.49. The Labute approximate surface area is 88.0 Å². The summed E-state index contributed by atoms with van der Waals surface area (Å²) in [6.45, 7) is 4.44. The summed E-state index contributed by atoms with van der Waals surface area (Å²) in [5, 5.41) is 13.4. The highest BCUT2D eigenvalue weighted by atomic mass is 16.4. The van der Waals surface area contributed by atoms with Crippen molar-refractivity contribution in [3.05, 3.63) is 0 Å². The molecule has 3 N–H and O–H groups in total. The molecule has 0 aromatic carbocycles. The Hall–Kier alpha value is -1.59. The summed E-state index contributed by atoms with van der Waals surface area (Å²) in [6.07, 6.45) is 0.299. The minimum absolute atomic E-state index is 0.299. The van der Waals surface area contributed by atoms with Gasteiger partial charge >= 0.3 is 5.97 Å². The maximum Gasteiger partial charge on any atom is 0.326 e. The average Bonchev–Trinajstić information content (AvgIpc) is 2.11. The van der Waals surface area contributed by atoms with Crippen molar-refractivity contribution in [2.24, 2.45) is 0 Å². The van der Waals surface area contributed by atoms with Crippen molar-refractivity contribution in [1.82, 2.24) is 10.6 Å². The van der Waals surface area contributed by atoms with Gasteiger partial charge in [0.15, 0.2) is 0 Å². The van der Waals surface area contributed by atoms with Crippen LogP contribution >= 0.6 is 0 Å². The van der Waals surface area contributed by atoms with Crippen LogP contribution in [0.3, 0.4) is 0 Å². The van der Waals surface area contributed by atoms with Crippen LogP contribution in [0.1, 0.15) is 27.2 Å². The van der Waals surface area contributed by atoms with Crippen molar-refractivity contribution in [3.8, 4) is 0 Å². The molecule has 6 heteroatoms. The van der Waals surface area contributed by atoms with Gasteiger partial charge in [-0.2, -0.15) is 0 Å². The van der Waals surface area contributed by atoms with Crippen molar-refractivity contribution < 1.29 is 19.5 Å². The van der Waals surface area contributed by atoms with Crippen molar-refractivity contribution in [2.75, 3.05) is 0 Å². The quantitative estimate of drug-likeness (QED) is 0.576.